The lowest BCUT2D eigenvalue weighted by Crippen LogP contribution is -2.33. The Labute approximate surface area is 153 Å². The molecule has 0 heterocycles. The number of benzene rings is 2. The highest BCUT2D eigenvalue weighted by atomic mass is 35.5. The minimum absolute atomic E-state index is 0.133. The molecule has 132 valence electrons. The molecule has 0 saturated heterocycles. The average molecular weight is 359 g/mol. The van der Waals surface area contributed by atoms with Crippen LogP contribution in [0.2, 0.25) is 5.02 Å². The first-order valence-corrected chi connectivity index (χ1v) is 8.83. The Morgan fingerprint density at radius 3 is 2.04 bits per heavy atom. The minimum Gasteiger partial charge on any atom is -0.356 e. The van der Waals surface area contributed by atoms with Crippen LogP contribution in [0.4, 0.5) is 0 Å². The van der Waals surface area contributed by atoms with Crippen LogP contribution in [-0.2, 0) is 22.4 Å². The first-order chi connectivity index (χ1) is 12.1. The molecule has 0 spiro atoms. The van der Waals surface area contributed by atoms with Crippen LogP contribution in [0, 0.1) is 0 Å². The lowest BCUT2D eigenvalue weighted by Gasteiger charge is -2.07. The van der Waals surface area contributed by atoms with Crippen molar-refractivity contribution in [3.63, 3.8) is 0 Å². The van der Waals surface area contributed by atoms with Crippen LogP contribution in [0.1, 0.15) is 24.0 Å². The van der Waals surface area contributed by atoms with Gasteiger partial charge in [0.15, 0.2) is 0 Å². The first-order valence-electron chi connectivity index (χ1n) is 8.45. The quantitative estimate of drug-likeness (QED) is 0.534. The first kappa shape index (κ1) is 19.0. The zero-order chi connectivity index (χ0) is 17.9. The second-order valence-electron chi connectivity index (χ2n) is 5.84. The summed E-state index contributed by atoms with van der Waals surface area (Å²) >= 11 is 5.83. The van der Waals surface area contributed by atoms with Crippen LogP contribution in [-0.4, -0.2) is 24.9 Å². The van der Waals surface area contributed by atoms with Gasteiger partial charge in [0.2, 0.25) is 11.8 Å². The zero-order valence-corrected chi connectivity index (χ0v) is 14.9. The fraction of sp³-hybridized carbons (Fsp3) is 0.300. The van der Waals surface area contributed by atoms with E-state index in [1.54, 1.807) is 0 Å². The van der Waals surface area contributed by atoms with E-state index in [-0.39, 0.29) is 18.2 Å². The molecule has 0 unspecified atom stereocenters. The summed E-state index contributed by atoms with van der Waals surface area (Å²) in [7, 11) is 0. The number of carbonyl (C=O) groups is 2. The van der Waals surface area contributed by atoms with Gasteiger partial charge in [-0.2, -0.15) is 0 Å². The maximum atomic E-state index is 11.8. The van der Waals surface area contributed by atoms with E-state index < -0.39 is 0 Å². The predicted molar refractivity (Wildman–Crippen MR) is 101 cm³/mol. The summed E-state index contributed by atoms with van der Waals surface area (Å²) in [5.41, 5.74) is 2.34. The number of nitrogens with one attached hydrogen (secondary N) is 2. The second-order valence-corrected chi connectivity index (χ2v) is 6.28. The van der Waals surface area contributed by atoms with Crippen molar-refractivity contribution in [1.82, 2.24) is 10.6 Å². The predicted octanol–water partition coefficient (Wildman–Crippen LogP) is 3.14. The lowest BCUT2D eigenvalue weighted by atomic mass is 10.1. The number of carbonyl (C=O) groups excluding carboxylic acids is 2. The van der Waals surface area contributed by atoms with Crippen LogP contribution < -0.4 is 10.6 Å². The number of hydrogen-bond acceptors (Lipinski definition) is 2. The van der Waals surface area contributed by atoms with E-state index in [0.29, 0.717) is 24.5 Å². The Balaban J connectivity index is 1.55. The van der Waals surface area contributed by atoms with Gasteiger partial charge in [0.25, 0.3) is 0 Å². The highest BCUT2D eigenvalue weighted by Crippen LogP contribution is 2.09. The average Bonchev–Trinajstić information content (AvgIpc) is 2.61. The van der Waals surface area contributed by atoms with Gasteiger partial charge in [0.05, 0.1) is 0 Å². The van der Waals surface area contributed by atoms with Crippen LogP contribution in [0.25, 0.3) is 0 Å². The molecule has 0 bridgehead atoms. The molecule has 0 aliphatic heterocycles. The van der Waals surface area contributed by atoms with Gasteiger partial charge >= 0.3 is 0 Å². The highest BCUT2D eigenvalue weighted by Gasteiger charge is 2.08. The topological polar surface area (TPSA) is 58.2 Å². The molecule has 0 fully saturated rings. The van der Waals surface area contributed by atoms with Crippen molar-refractivity contribution in [2.45, 2.75) is 25.7 Å². The molecule has 2 aromatic carbocycles. The molecule has 0 aliphatic rings. The summed E-state index contributed by atoms with van der Waals surface area (Å²) < 4.78 is 0. The number of hydrogen-bond donors (Lipinski definition) is 2. The smallest absolute Gasteiger partial charge is 0.229 e. The monoisotopic (exact) mass is 358 g/mol. The molecule has 0 aromatic heterocycles. The van der Waals surface area contributed by atoms with E-state index in [1.165, 1.54) is 5.56 Å². The van der Waals surface area contributed by atoms with E-state index >= 15 is 0 Å². The Morgan fingerprint density at radius 2 is 1.36 bits per heavy atom. The summed E-state index contributed by atoms with van der Waals surface area (Å²) in [6, 6.07) is 17.6. The highest BCUT2D eigenvalue weighted by molar-refractivity contribution is 6.30. The number of aryl methyl sites for hydroxylation is 1. The van der Waals surface area contributed by atoms with Crippen molar-refractivity contribution < 1.29 is 9.59 Å². The third-order valence-corrected chi connectivity index (χ3v) is 4.03. The maximum absolute atomic E-state index is 11.8. The molecule has 5 heteroatoms. The van der Waals surface area contributed by atoms with E-state index in [4.69, 9.17) is 11.6 Å². The van der Waals surface area contributed by atoms with Crippen molar-refractivity contribution in [2.75, 3.05) is 13.1 Å². The Kier molecular flexibility index (Phi) is 7.99. The van der Waals surface area contributed by atoms with Gasteiger partial charge in [-0.15, -0.1) is 0 Å². The zero-order valence-electron chi connectivity index (χ0n) is 14.1. The number of halogens is 1. The van der Waals surface area contributed by atoms with Crippen molar-refractivity contribution in [3.05, 3.63) is 70.7 Å². The van der Waals surface area contributed by atoms with Crippen molar-refractivity contribution in [1.29, 1.82) is 0 Å². The molecule has 2 amide bonds. The molecule has 2 N–H and O–H groups in total. The van der Waals surface area contributed by atoms with Gasteiger partial charge in [0.1, 0.15) is 6.42 Å². The Morgan fingerprint density at radius 1 is 0.760 bits per heavy atom. The number of rotatable bonds is 9. The molecular formula is C20H23ClN2O2. The standard InChI is InChI=1S/C20H23ClN2O2/c21-18-10-8-17(9-11-18)12-14-23-20(25)15-19(24)22-13-4-7-16-5-2-1-3-6-16/h1-3,5-6,8-11H,4,7,12-15H2,(H,22,24)(H,23,25). The molecule has 0 radical (unpaired) electrons. The van der Waals surface area contributed by atoms with Crippen molar-refractivity contribution in [3.8, 4) is 0 Å². The molecule has 4 nitrogen and oxygen atoms in total. The van der Waals surface area contributed by atoms with E-state index in [1.807, 2.05) is 42.5 Å². The summed E-state index contributed by atoms with van der Waals surface area (Å²) in [6.07, 6.45) is 2.34. The number of amides is 2. The van der Waals surface area contributed by atoms with Crippen molar-refractivity contribution >= 4 is 23.4 Å². The summed E-state index contributed by atoms with van der Waals surface area (Å²) in [4.78, 5) is 23.5. The lowest BCUT2D eigenvalue weighted by molar-refractivity contribution is -0.129. The largest absolute Gasteiger partial charge is 0.356 e. The third kappa shape index (κ3) is 7.86. The summed E-state index contributed by atoms with van der Waals surface area (Å²) in [6.45, 7) is 1.08. The maximum Gasteiger partial charge on any atom is 0.229 e. The molecule has 0 saturated carbocycles. The Bertz CT molecular complexity index is 672. The molecule has 0 aliphatic carbocycles. The molecule has 2 aromatic rings. The van der Waals surface area contributed by atoms with Gasteiger partial charge in [0, 0.05) is 18.1 Å². The van der Waals surface area contributed by atoms with Crippen LogP contribution in [0.5, 0.6) is 0 Å². The van der Waals surface area contributed by atoms with Gasteiger partial charge in [-0.25, -0.2) is 0 Å². The van der Waals surface area contributed by atoms with Crippen LogP contribution >= 0.6 is 11.6 Å². The van der Waals surface area contributed by atoms with E-state index in [2.05, 4.69) is 22.8 Å². The Hall–Kier alpha value is -2.33. The molecular weight excluding hydrogens is 336 g/mol. The van der Waals surface area contributed by atoms with Crippen LogP contribution in [0.3, 0.4) is 0 Å². The van der Waals surface area contributed by atoms with Crippen molar-refractivity contribution in [2.24, 2.45) is 0 Å². The fourth-order valence-electron chi connectivity index (χ4n) is 2.43. The third-order valence-electron chi connectivity index (χ3n) is 3.78. The molecule has 0 atom stereocenters. The molecule has 2 rings (SSSR count). The van der Waals surface area contributed by atoms with Gasteiger partial charge in [-0.3, -0.25) is 9.59 Å². The minimum atomic E-state index is -0.255. The van der Waals surface area contributed by atoms with E-state index in [9.17, 15) is 9.59 Å². The van der Waals surface area contributed by atoms with E-state index in [0.717, 1.165) is 18.4 Å². The SMILES string of the molecule is O=C(CC(=O)NCCc1ccc(Cl)cc1)NCCCc1ccccc1. The van der Waals surface area contributed by atoms with Crippen LogP contribution in [0.15, 0.2) is 54.6 Å². The van der Waals surface area contributed by atoms with Gasteiger partial charge < -0.3 is 10.6 Å². The fourth-order valence-corrected chi connectivity index (χ4v) is 2.56. The van der Waals surface area contributed by atoms with Gasteiger partial charge in [-0.1, -0.05) is 54.1 Å². The molecule has 25 heavy (non-hydrogen) atoms. The summed E-state index contributed by atoms with van der Waals surface area (Å²) in [5.74, 6) is -0.494. The normalized spacial score (nSPS) is 10.3. The van der Waals surface area contributed by atoms with Gasteiger partial charge in [-0.05, 0) is 42.5 Å². The second kappa shape index (κ2) is 10.5. The summed E-state index contributed by atoms with van der Waals surface area (Å²) in [5, 5.41) is 6.24.